The highest BCUT2D eigenvalue weighted by Gasteiger charge is 2.22. The van der Waals surface area contributed by atoms with Gasteiger partial charge in [-0.05, 0) is 24.1 Å². The molecule has 0 spiro atoms. The molecule has 0 fully saturated rings. The van der Waals surface area contributed by atoms with Crippen molar-refractivity contribution in [1.82, 2.24) is 15.1 Å². The number of nitrogens with one attached hydrogen (secondary N) is 1. The summed E-state index contributed by atoms with van der Waals surface area (Å²) < 4.78 is 1.67. The summed E-state index contributed by atoms with van der Waals surface area (Å²) in [4.78, 5) is 22.4. The summed E-state index contributed by atoms with van der Waals surface area (Å²) in [5, 5.41) is 17.6. The maximum atomic E-state index is 12.0. The summed E-state index contributed by atoms with van der Waals surface area (Å²) in [5.41, 5.74) is 6.09. The van der Waals surface area contributed by atoms with Gasteiger partial charge in [0.15, 0.2) is 0 Å². The predicted molar refractivity (Wildman–Crippen MR) is 76.8 cm³/mol. The molecule has 1 aromatic carbocycles. The number of para-hydroxylation sites is 1. The van der Waals surface area contributed by atoms with Crippen LogP contribution in [0, 0.1) is 10.1 Å². The van der Waals surface area contributed by atoms with E-state index in [-0.39, 0.29) is 16.9 Å². The lowest BCUT2D eigenvalue weighted by atomic mass is 10.1. The van der Waals surface area contributed by atoms with E-state index >= 15 is 0 Å². The zero-order valence-electron chi connectivity index (χ0n) is 11.4. The van der Waals surface area contributed by atoms with Crippen molar-refractivity contribution in [2.24, 2.45) is 7.05 Å². The van der Waals surface area contributed by atoms with E-state index in [9.17, 15) is 14.9 Å². The topological polar surface area (TPSA) is 116 Å². The fraction of sp³-hybridized carbons (Fsp3) is 0.231. The molecule has 0 aliphatic carbocycles. The summed E-state index contributed by atoms with van der Waals surface area (Å²) in [6, 6.07) is 4.29. The maximum absolute atomic E-state index is 12.0. The third-order valence-electron chi connectivity index (χ3n) is 2.95. The number of aryl methyl sites for hydroxylation is 1. The number of anilines is 1. The first-order valence-corrected chi connectivity index (χ1v) is 6.27. The normalized spacial score (nSPS) is 10.3. The van der Waals surface area contributed by atoms with Crippen LogP contribution in [0.25, 0.3) is 0 Å². The molecule has 0 atom stereocenters. The Labute approximate surface area is 120 Å². The Balaban J connectivity index is 2.04. The van der Waals surface area contributed by atoms with E-state index in [0.717, 1.165) is 5.56 Å². The number of nitro groups is 1. The van der Waals surface area contributed by atoms with Crippen molar-refractivity contribution < 1.29 is 9.72 Å². The van der Waals surface area contributed by atoms with Gasteiger partial charge in [-0.15, -0.1) is 0 Å². The van der Waals surface area contributed by atoms with Gasteiger partial charge in [0.25, 0.3) is 5.91 Å². The summed E-state index contributed by atoms with van der Waals surface area (Å²) in [5.74, 6) is -0.516. The highest BCUT2D eigenvalue weighted by atomic mass is 16.6. The average molecular weight is 289 g/mol. The number of nitrogens with two attached hydrogens (primary N) is 1. The van der Waals surface area contributed by atoms with Gasteiger partial charge in [0.1, 0.15) is 11.3 Å². The molecule has 8 nitrogen and oxygen atoms in total. The molecule has 1 heterocycles. The number of carbonyl (C=O) groups excluding carboxylic acids is 1. The Morgan fingerprint density at radius 1 is 1.52 bits per heavy atom. The molecule has 0 bridgehead atoms. The SMILES string of the molecule is Cn1cc(CCNC(=O)c2cccc(N)c2[N+](=O)[O-])cn1. The highest BCUT2D eigenvalue weighted by molar-refractivity contribution is 6.00. The molecular formula is C13H15N5O3. The number of benzene rings is 1. The summed E-state index contributed by atoms with van der Waals surface area (Å²) in [6.45, 7) is 0.358. The number of nitrogen functional groups attached to an aromatic ring is 1. The van der Waals surface area contributed by atoms with E-state index in [0.29, 0.717) is 13.0 Å². The zero-order valence-corrected chi connectivity index (χ0v) is 11.4. The van der Waals surface area contributed by atoms with Gasteiger partial charge in [0.2, 0.25) is 0 Å². The number of hydrogen-bond acceptors (Lipinski definition) is 5. The summed E-state index contributed by atoms with van der Waals surface area (Å²) in [7, 11) is 1.80. The van der Waals surface area contributed by atoms with Gasteiger partial charge in [0, 0.05) is 19.8 Å². The minimum absolute atomic E-state index is 0.0279. The number of aromatic nitrogens is 2. The third kappa shape index (κ3) is 3.35. The van der Waals surface area contributed by atoms with Gasteiger partial charge < -0.3 is 11.1 Å². The number of hydrogen-bond donors (Lipinski definition) is 2. The molecule has 3 N–H and O–H groups in total. The van der Waals surface area contributed by atoms with E-state index in [1.165, 1.54) is 18.2 Å². The van der Waals surface area contributed by atoms with Gasteiger partial charge in [-0.3, -0.25) is 19.6 Å². The molecule has 0 aliphatic rings. The van der Waals surface area contributed by atoms with Crippen LogP contribution in [-0.4, -0.2) is 27.2 Å². The molecule has 0 radical (unpaired) electrons. The lowest BCUT2D eigenvalue weighted by molar-refractivity contribution is -0.384. The van der Waals surface area contributed by atoms with Gasteiger partial charge in [-0.25, -0.2) is 0 Å². The van der Waals surface area contributed by atoms with Crippen LogP contribution in [0.4, 0.5) is 11.4 Å². The van der Waals surface area contributed by atoms with Crippen LogP contribution in [0.2, 0.25) is 0 Å². The molecule has 0 saturated carbocycles. The van der Waals surface area contributed by atoms with Crippen molar-refractivity contribution in [3.63, 3.8) is 0 Å². The third-order valence-corrected chi connectivity index (χ3v) is 2.95. The Kier molecular flexibility index (Phi) is 4.17. The van der Waals surface area contributed by atoms with Crippen LogP contribution in [0.3, 0.4) is 0 Å². The lowest BCUT2D eigenvalue weighted by Gasteiger charge is -2.06. The monoisotopic (exact) mass is 289 g/mol. The number of rotatable bonds is 5. The smallest absolute Gasteiger partial charge is 0.304 e. The second-order valence-electron chi connectivity index (χ2n) is 4.53. The first-order chi connectivity index (χ1) is 9.99. The van der Waals surface area contributed by atoms with Crippen LogP contribution < -0.4 is 11.1 Å². The number of nitrogens with zero attached hydrogens (tertiary/aromatic N) is 3. The van der Waals surface area contributed by atoms with E-state index in [1.54, 1.807) is 17.9 Å². The fourth-order valence-electron chi connectivity index (χ4n) is 1.96. The number of nitro benzene ring substituents is 1. The van der Waals surface area contributed by atoms with Crippen molar-refractivity contribution in [2.45, 2.75) is 6.42 Å². The Morgan fingerprint density at radius 2 is 2.29 bits per heavy atom. The molecule has 110 valence electrons. The van der Waals surface area contributed by atoms with Gasteiger partial charge in [-0.2, -0.15) is 5.10 Å². The second kappa shape index (κ2) is 6.04. The molecule has 1 amide bonds. The largest absolute Gasteiger partial charge is 0.393 e. The maximum Gasteiger partial charge on any atom is 0.304 e. The molecule has 0 unspecified atom stereocenters. The van der Waals surface area contributed by atoms with Gasteiger partial charge >= 0.3 is 5.69 Å². The standard InChI is InChI=1S/C13H15N5O3/c1-17-8-9(7-16-17)5-6-15-13(19)10-3-2-4-11(14)12(10)18(20)21/h2-4,7-8H,5-6,14H2,1H3,(H,15,19). The minimum Gasteiger partial charge on any atom is -0.393 e. The molecule has 0 aliphatic heterocycles. The molecular weight excluding hydrogens is 274 g/mol. The van der Waals surface area contributed by atoms with Crippen LogP contribution in [0.5, 0.6) is 0 Å². The van der Waals surface area contributed by atoms with Crippen LogP contribution >= 0.6 is 0 Å². The van der Waals surface area contributed by atoms with Crippen molar-refractivity contribution in [2.75, 3.05) is 12.3 Å². The molecule has 2 aromatic rings. The molecule has 0 saturated heterocycles. The molecule has 21 heavy (non-hydrogen) atoms. The summed E-state index contributed by atoms with van der Waals surface area (Å²) >= 11 is 0. The molecule has 1 aromatic heterocycles. The zero-order chi connectivity index (χ0) is 15.4. The predicted octanol–water partition coefficient (Wildman–Crippen LogP) is 0.883. The number of carbonyl (C=O) groups is 1. The van der Waals surface area contributed by atoms with E-state index < -0.39 is 10.8 Å². The van der Waals surface area contributed by atoms with Crippen LogP contribution in [0.15, 0.2) is 30.6 Å². The van der Waals surface area contributed by atoms with E-state index in [2.05, 4.69) is 10.4 Å². The lowest BCUT2D eigenvalue weighted by Crippen LogP contribution is -2.26. The van der Waals surface area contributed by atoms with Crippen molar-refractivity contribution in [1.29, 1.82) is 0 Å². The minimum atomic E-state index is -0.647. The Morgan fingerprint density at radius 3 is 2.90 bits per heavy atom. The van der Waals surface area contributed by atoms with E-state index in [1.807, 2.05) is 6.20 Å². The van der Waals surface area contributed by atoms with Crippen molar-refractivity contribution in [3.8, 4) is 0 Å². The van der Waals surface area contributed by atoms with E-state index in [4.69, 9.17) is 5.73 Å². The quantitative estimate of drug-likeness (QED) is 0.481. The first-order valence-electron chi connectivity index (χ1n) is 6.27. The first kappa shape index (κ1) is 14.5. The Hall–Kier alpha value is -2.90. The van der Waals surface area contributed by atoms with Gasteiger partial charge in [0.05, 0.1) is 11.1 Å². The molecule has 2 rings (SSSR count). The van der Waals surface area contributed by atoms with Crippen molar-refractivity contribution >= 4 is 17.3 Å². The fourth-order valence-corrected chi connectivity index (χ4v) is 1.96. The Bertz CT molecular complexity index is 680. The van der Waals surface area contributed by atoms with Gasteiger partial charge in [-0.1, -0.05) is 6.07 Å². The second-order valence-corrected chi connectivity index (χ2v) is 4.53. The average Bonchev–Trinajstić information content (AvgIpc) is 2.83. The van der Waals surface area contributed by atoms with Crippen molar-refractivity contribution in [3.05, 3.63) is 51.8 Å². The number of amides is 1. The summed E-state index contributed by atoms with van der Waals surface area (Å²) in [6.07, 6.45) is 4.14. The highest BCUT2D eigenvalue weighted by Crippen LogP contribution is 2.25. The molecule has 8 heteroatoms. The van der Waals surface area contributed by atoms with Crippen LogP contribution in [0.1, 0.15) is 15.9 Å². The van der Waals surface area contributed by atoms with Crippen LogP contribution in [-0.2, 0) is 13.5 Å².